The van der Waals surface area contributed by atoms with Crippen molar-refractivity contribution in [3.05, 3.63) is 58.1 Å². The molecule has 19 heavy (non-hydrogen) atoms. The molecule has 2 aromatic rings. The summed E-state index contributed by atoms with van der Waals surface area (Å²) in [5, 5.41) is 0. The first kappa shape index (κ1) is 13.6. The quantitative estimate of drug-likeness (QED) is 0.806. The summed E-state index contributed by atoms with van der Waals surface area (Å²) >= 11 is 3.35. The van der Waals surface area contributed by atoms with Crippen LogP contribution in [0, 0.1) is 0 Å². The van der Waals surface area contributed by atoms with Gasteiger partial charge in [-0.3, -0.25) is 4.79 Å². The highest BCUT2D eigenvalue weighted by Gasteiger charge is 2.18. The Labute approximate surface area is 120 Å². The second-order valence-electron chi connectivity index (χ2n) is 3.87. The molecule has 0 aromatic heterocycles. The molecule has 0 fully saturated rings. The van der Waals surface area contributed by atoms with Crippen molar-refractivity contribution in [2.24, 2.45) is 0 Å². The van der Waals surface area contributed by atoms with Crippen molar-refractivity contribution in [3.63, 3.8) is 0 Å². The molecular weight excluding hydrogens is 308 g/mol. The molecule has 0 heterocycles. The molecule has 0 amide bonds. The highest BCUT2D eigenvalue weighted by atomic mass is 79.9. The molecule has 2 aromatic carbocycles. The van der Waals surface area contributed by atoms with Crippen molar-refractivity contribution in [3.8, 4) is 11.5 Å². The molecule has 0 atom stereocenters. The number of rotatable bonds is 4. The fraction of sp³-hybridized carbons (Fsp3) is 0.133. The zero-order valence-corrected chi connectivity index (χ0v) is 12.2. The first-order valence-electron chi connectivity index (χ1n) is 5.68. The third-order valence-corrected chi connectivity index (χ3v) is 3.25. The second kappa shape index (κ2) is 5.89. The third kappa shape index (κ3) is 2.79. The molecule has 0 spiro atoms. The van der Waals surface area contributed by atoms with Gasteiger partial charge in [0.15, 0.2) is 5.78 Å². The molecule has 0 bridgehead atoms. The molecule has 4 heteroatoms. The number of carbonyl (C=O) groups excluding carboxylic acids is 1. The molecule has 98 valence electrons. The van der Waals surface area contributed by atoms with Crippen LogP contribution in [0.3, 0.4) is 0 Å². The first-order valence-corrected chi connectivity index (χ1v) is 6.48. The lowest BCUT2D eigenvalue weighted by atomic mass is 10.0. The van der Waals surface area contributed by atoms with Gasteiger partial charge in [0.25, 0.3) is 0 Å². The highest BCUT2D eigenvalue weighted by Crippen LogP contribution is 2.28. The summed E-state index contributed by atoms with van der Waals surface area (Å²) in [4.78, 5) is 12.5. The Bertz CT molecular complexity index is 608. The van der Waals surface area contributed by atoms with Crippen LogP contribution in [0.1, 0.15) is 15.9 Å². The Kier molecular flexibility index (Phi) is 4.22. The van der Waals surface area contributed by atoms with Gasteiger partial charge in [0, 0.05) is 4.47 Å². The summed E-state index contributed by atoms with van der Waals surface area (Å²) < 4.78 is 11.3. The van der Waals surface area contributed by atoms with Gasteiger partial charge in [0.1, 0.15) is 11.5 Å². The molecule has 0 aliphatic rings. The van der Waals surface area contributed by atoms with Crippen LogP contribution in [0.4, 0.5) is 0 Å². The molecule has 0 saturated carbocycles. The molecule has 0 aliphatic carbocycles. The van der Waals surface area contributed by atoms with E-state index in [9.17, 15) is 4.79 Å². The zero-order chi connectivity index (χ0) is 13.8. The SMILES string of the molecule is COc1ccccc1C(=O)c1ccc(Br)cc1OC. The van der Waals surface area contributed by atoms with Crippen LogP contribution in [0.25, 0.3) is 0 Å². The molecule has 0 aliphatic heterocycles. The van der Waals surface area contributed by atoms with Gasteiger partial charge in [0.2, 0.25) is 0 Å². The van der Waals surface area contributed by atoms with Crippen LogP contribution < -0.4 is 9.47 Å². The van der Waals surface area contributed by atoms with Gasteiger partial charge in [-0.15, -0.1) is 0 Å². The Morgan fingerprint density at radius 2 is 1.58 bits per heavy atom. The molecule has 0 saturated heterocycles. The topological polar surface area (TPSA) is 35.5 Å². The predicted octanol–water partition coefficient (Wildman–Crippen LogP) is 3.70. The number of ether oxygens (including phenoxy) is 2. The van der Waals surface area contributed by atoms with Gasteiger partial charge in [0.05, 0.1) is 25.3 Å². The number of para-hydroxylation sites is 1. The summed E-state index contributed by atoms with van der Waals surface area (Å²) in [6.45, 7) is 0. The van der Waals surface area contributed by atoms with Crippen LogP contribution >= 0.6 is 15.9 Å². The maximum absolute atomic E-state index is 12.5. The van der Waals surface area contributed by atoms with Crippen LogP contribution in [0.2, 0.25) is 0 Å². The van der Waals surface area contributed by atoms with Crippen LogP contribution in [-0.2, 0) is 0 Å². The standard InChI is InChI=1S/C15H13BrO3/c1-18-13-6-4-3-5-11(13)15(17)12-8-7-10(16)9-14(12)19-2/h3-9H,1-2H3. The Hall–Kier alpha value is -1.81. The second-order valence-corrected chi connectivity index (χ2v) is 4.79. The molecule has 2 rings (SSSR count). The maximum atomic E-state index is 12.5. The van der Waals surface area contributed by atoms with E-state index in [2.05, 4.69) is 15.9 Å². The number of hydrogen-bond donors (Lipinski definition) is 0. The van der Waals surface area contributed by atoms with E-state index < -0.39 is 0 Å². The Morgan fingerprint density at radius 3 is 2.26 bits per heavy atom. The normalized spacial score (nSPS) is 10.1. The smallest absolute Gasteiger partial charge is 0.200 e. The first-order chi connectivity index (χ1) is 9.17. The molecular formula is C15H13BrO3. The van der Waals surface area contributed by atoms with Gasteiger partial charge in [-0.25, -0.2) is 0 Å². The molecule has 0 N–H and O–H groups in total. The fourth-order valence-electron chi connectivity index (χ4n) is 1.83. The van der Waals surface area contributed by atoms with Gasteiger partial charge >= 0.3 is 0 Å². The van der Waals surface area contributed by atoms with Gasteiger partial charge < -0.3 is 9.47 Å². The van der Waals surface area contributed by atoms with Crippen molar-refractivity contribution < 1.29 is 14.3 Å². The number of carbonyl (C=O) groups is 1. The minimum Gasteiger partial charge on any atom is -0.496 e. The summed E-state index contributed by atoms with van der Waals surface area (Å²) in [5.74, 6) is 0.963. The average Bonchev–Trinajstić information content (AvgIpc) is 2.46. The van der Waals surface area contributed by atoms with E-state index in [1.165, 1.54) is 0 Å². The van der Waals surface area contributed by atoms with E-state index in [0.29, 0.717) is 22.6 Å². The van der Waals surface area contributed by atoms with E-state index >= 15 is 0 Å². The van der Waals surface area contributed by atoms with E-state index in [0.717, 1.165) is 4.47 Å². The maximum Gasteiger partial charge on any atom is 0.200 e. The van der Waals surface area contributed by atoms with Gasteiger partial charge in [-0.1, -0.05) is 28.1 Å². The number of halogens is 1. The minimum absolute atomic E-state index is 0.123. The van der Waals surface area contributed by atoms with Crippen molar-refractivity contribution in [2.75, 3.05) is 14.2 Å². The number of benzene rings is 2. The van der Waals surface area contributed by atoms with E-state index in [4.69, 9.17) is 9.47 Å². The summed E-state index contributed by atoms with van der Waals surface area (Å²) in [6, 6.07) is 12.4. The van der Waals surface area contributed by atoms with E-state index in [1.54, 1.807) is 44.6 Å². The van der Waals surface area contributed by atoms with Crippen molar-refractivity contribution in [1.29, 1.82) is 0 Å². The van der Waals surface area contributed by atoms with E-state index in [-0.39, 0.29) is 5.78 Å². The van der Waals surface area contributed by atoms with Gasteiger partial charge in [-0.2, -0.15) is 0 Å². The van der Waals surface area contributed by atoms with Crippen molar-refractivity contribution >= 4 is 21.7 Å². The largest absolute Gasteiger partial charge is 0.496 e. The van der Waals surface area contributed by atoms with Crippen LogP contribution in [0.5, 0.6) is 11.5 Å². The lowest BCUT2D eigenvalue weighted by molar-refractivity contribution is 0.103. The number of ketones is 1. The number of hydrogen-bond acceptors (Lipinski definition) is 3. The monoisotopic (exact) mass is 320 g/mol. The van der Waals surface area contributed by atoms with Crippen LogP contribution in [-0.4, -0.2) is 20.0 Å². The number of methoxy groups -OCH3 is 2. The molecule has 0 unspecified atom stereocenters. The Morgan fingerprint density at radius 1 is 0.947 bits per heavy atom. The van der Waals surface area contributed by atoms with Crippen LogP contribution in [0.15, 0.2) is 46.9 Å². The van der Waals surface area contributed by atoms with Crippen molar-refractivity contribution in [1.82, 2.24) is 0 Å². The zero-order valence-electron chi connectivity index (χ0n) is 10.6. The lowest BCUT2D eigenvalue weighted by Gasteiger charge is -2.10. The third-order valence-electron chi connectivity index (χ3n) is 2.76. The minimum atomic E-state index is -0.123. The predicted molar refractivity (Wildman–Crippen MR) is 77.1 cm³/mol. The molecule has 0 radical (unpaired) electrons. The molecule has 3 nitrogen and oxygen atoms in total. The highest BCUT2D eigenvalue weighted by molar-refractivity contribution is 9.10. The average molecular weight is 321 g/mol. The summed E-state index contributed by atoms with van der Waals surface area (Å²) in [5.41, 5.74) is 1.03. The Balaban J connectivity index is 2.50. The van der Waals surface area contributed by atoms with Gasteiger partial charge in [-0.05, 0) is 30.3 Å². The fourth-order valence-corrected chi connectivity index (χ4v) is 2.17. The van der Waals surface area contributed by atoms with E-state index in [1.807, 2.05) is 12.1 Å². The summed E-state index contributed by atoms with van der Waals surface area (Å²) in [7, 11) is 3.09. The van der Waals surface area contributed by atoms with Crippen molar-refractivity contribution in [2.45, 2.75) is 0 Å². The summed E-state index contributed by atoms with van der Waals surface area (Å²) in [6.07, 6.45) is 0. The lowest BCUT2D eigenvalue weighted by Crippen LogP contribution is -2.05.